The van der Waals surface area contributed by atoms with Gasteiger partial charge in [-0.3, -0.25) is 10.1 Å². The van der Waals surface area contributed by atoms with Crippen LogP contribution in [0.25, 0.3) is 0 Å². The van der Waals surface area contributed by atoms with Crippen LogP contribution in [0.1, 0.15) is 24.3 Å². The Balaban J connectivity index is 1.93. The molecule has 20 heavy (non-hydrogen) atoms. The van der Waals surface area contributed by atoms with Crippen molar-refractivity contribution in [2.45, 2.75) is 24.4 Å². The Kier molecular flexibility index (Phi) is 4.81. The Bertz CT molecular complexity index is 580. The van der Waals surface area contributed by atoms with Gasteiger partial charge in [0.1, 0.15) is 10.7 Å². The molecule has 0 fully saturated rings. The molecule has 1 aromatic carbocycles. The number of nitrogens with one attached hydrogen (secondary N) is 1. The molecule has 1 heterocycles. The van der Waals surface area contributed by atoms with Crippen molar-refractivity contribution >= 4 is 17.6 Å². The molecule has 5 nitrogen and oxygen atoms in total. The molecular formula is C14H16N2O3S. The van der Waals surface area contributed by atoms with Gasteiger partial charge in [0.15, 0.2) is 0 Å². The SMILES string of the molecule is CSc1ccc(C(C)NCc2ccc([N+](=O)[O-])o2)cc1. The van der Waals surface area contributed by atoms with Crippen LogP contribution in [-0.2, 0) is 6.54 Å². The molecule has 1 unspecified atom stereocenters. The minimum Gasteiger partial charge on any atom is -0.404 e. The molecule has 106 valence electrons. The highest BCUT2D eigenvalue weighted by Crippen LogP contribution is 2.20. The van der Waals surface area contributed by atoms with Crippen LogP contribution >= 0.6 is 11.8 Å². The molecule has 0 aliphatic carbocycles. The number of rotatable bonds is 6. The van der Waals surface area contributed by atoms with Crippen molar-refractivity contribution in [3.8, 4) is 0 Å². The summed E-state index contributed by atoms with van der Waals surface area (Å²) in [5, 5.41) is 13.8. The van der Waals surface area contributed by atoms with Gasteiger partial charge in [-0.25, -0.2) is 0 Å². The van der Waals surface area contributed by atoms with E-state index in [-0.39, 0.29) is 11.9 Å². The lowest BCUT2D eigenvalue weighted by molar-refractivity contribution is -0.402. The van der Waals surface area contributed by atoms with Gasteiger partial charge in [0.25, 0.3) is 0 Å². The van der Waals surface area contributed by atoms with Crippen LogP contribution in [0.2, 0.25) is 0 Å². The largest absolute Gasteiger partial charge is 0.433 e. The summed E-state index contributed by atoms with van der Waals surface area (Å²) in [5.74, 6) is 0.336. The molecule has 1 N–H and O–H groups in total. The van der Waals surface area contributed by atoms with Crippen LogP contribution in [0.4, 0.5) is 5.88 Å². The Hall–Kier alpha value is -1.79. The van der Waals surface area contributed by atoms with Crippen LogP contribution in [0.3, 0.4) is 0 Å². The Morgan fingerprint density at radius 3 is 2.55 bits per heavy atom. The van der Waals surface area contributed by atoms with Crippen molar-refractivity contribution in [2.24, 2.45) is 0 Å². The average molecular weight is 292 g/mol. The highest BCUT2D eigenvalue weighted by atomic mass is 32.2. The number of benzene rings is 1. The number of hydrogen-bond donors (Lipinski definition) is 1. The maximum Gasteiger partial charge on any atom is 0.433 e. The van der Waals surface area contributed by atoms with E-state index in [2.05, 4.69) is 29.6 Å². The van der Waals surface area contributed by atoms with E-state index in [1.54, 1.807) is 17.8 Å². The van der Waals surface area contributed by atoms with Crippen molar-refractivity contribution < 1.29 is 9.34 Å². The van der Waals surface area contributed by atoms with Gasteiger partial charge in [-0.1, -0.05) is 12.1 Å². The van der Waals surface area contributed by atoms with Gasteiger partial charge in [0.05, 0.1) is 12.6 Å². The van der Waals surface area contributed by atoms with Gasteiger partial charge < -0.3 is 9.73 Å². The van der Waals surface area contributed by atoms with E-state index in [0.29, 0.717) is 12.3 Å². The van der Waals surface area contributed by atoms with E-state index in [4.69, 9.17) is 4.42 Å². The first-order chi connectivity index (χ1) is 9.60. The summed E-state index contributed by atoms with van der Waals surface area (Å²) in [7, 11) is 0. The lowest BCUT2D eigenvalue weighted by atomic mass is 10.1. The summed E-state index contributed by atoms with van der Waals surface area (Å²) in [6.07, 6.45) is 2.04. The first-order valence-corrected chi connectivity index (χ1v) is 7.43. The van der Waals surface area contributed by atoms with E-state index in [9.17, 15) is 10.1 Å². The fraction of sp³-hybridized carbons (Fsp3) is 0.286. The zero-order valence-electron chi connectivity index (χ0n) is 11.3. The topological polar surface area (TPSA) is 68.3 Å². The summed E-state index contributed by atoms with van der Waals surface area (Å²) in [5.41, 5.74) is 1.17. The summed E-state index contributed by atoms with van der Waals surface area (Å²) in [6, 6.07) is 11.5. The maximum absolute atomic E-state index is 10.5. The number of nitrogens with zero attached hydrogens (tertiary/aromatic N) is 1. The van der Waals surface area contributed by atoms with E-state index >= 15 is 0 Å². The van der Waals surface area contributed by atoms with Crippen LogP contribution in [0, 0.1) is 10.1 Å². The molecule has 0 bridgehead atoms. The minimum atomic E-state index is -0.534. The second kappa shape index (κ2) is 6.58. The molecule has 0 saturated carbocycles. The zero-order chi connectivity index (χ0) is 14.5. The minimum absolute atomic E-state index is 0.148. The standard InChI is InChI=1S/C14H16N2O3S/c1-10(11-3-6-13(20-2)7-4-11)15-9-12-5-8-14(19-12)16(17)18/h3-8,10,15H,9H2,1-2H3. The number of thioether (sulfide) groups is 1. The van der Waals surface area contributed by atoms with Crippen LogP contribution < -0.4 is 5.32 Å². The second-order valence-electron chi connectivity index (χ2n) is 4.37. The van der Waals surface area contributed by atoms with Crippen molar-refractivity contribution in [1.82, 2.24) is 5.32 Å². The number of furan rings is 1. The predicted molar refractivity (Wildman–Crippen MR) is 78.8 cm³/mol. The summed E-state index contributed by atoms with van der Waals surface area (Å²) < 4.78 is 5.10. The molecule has 0 amide bonds. The lowest BCUT2D eigenvalue weighted by Crippen LogP contribution is -2.17. The van der Waals surface area contributed by atoms with E-state index in [0.717, 1.165) is 0 Å². The van der Waals surface area contributed by atoms with Gasteiger partial charge in [-0.15, -0.1) is 11.8 Å². The third-order valence-corrected chi connectivity index (χ3v) is 3.77. The molecule has 0 saturated heterocycles. The van der Waals surface area contributed by atoms with E-state index in [1.807, 2.05) is 13.2 Å². The first kappa shape index (κ1) is 14.6. The van der Waals surface area contributed by atoms with Gasteiger partial charge in [-0.05, 0) is 36.9 Å². The molecule has 1 atom stereocenters. The lowest BCUT2D eigenvalue weighted by Gasteiger charge is -2.13. The molecular weight excluding hydrogens is 276 g/mol. The van der Waals surface area contributed by atoms with Gasteiger partial charge in [-0.2, -0.15) is 0 Å². The Morgan fingerprint density at radius 1 is 1.30 bits per heavy atom. The third kappa shape index (κ3) is 3.61. The molecule has 0 aliphatic heterocycles. The average Bonchev–Trinajstić information content (AvgIpc) is 2.94. The van der Waals surface area contributed by atoms with E-state index in [1.165, 1.54) is 16.5 Å². The third-order valence-electron chi connectivity index (χ3n) is 3.03. The molecule has 0 radical (unpaired) electrons. The van der Waals surface area contributed by atoms with Crippen molar-refractivity contribution in [3.05, 3.63) is 57.8 Å². The molecule has 0 aliphatic rings. The van der Waals surface area contributed by atoms with Gasteiger partial charge >= 0.3 is 5.88 Å². The summed E-state index contributed by atoms with van der Waals surface area (Å²) >= 11 is 1.71. The van der Waals surface area contributed by atoms with Gasteiger partial charge in [0, 0.05) is 10.9 Å². The Morgan fingerprint density at radius 2 is 2.00 bits per heavy atom. The Labute approximate surface area is 121 Å². The van der Waals surface area contributed by atoms with Crippen molar-refractivity contribution in [2.75, 3.05) is 6.26 Å². The quantitative estimate of drug-likeness (QED) is 0.499. The fourth-order valence-corrected chi connectivity index (χ4v) is 2.23. The van der Waals surface area contributed by atoms with E-state index < -0.39 is 4.92 Å². The zero-order valence-corrected chi connectivity index (χ0v) is 12.1. The van der Waals surface area contributed by atoms with Crippen LogP contribution in [0.5, 0.6) is 0 Å². The van der Waals surface area contributed by atoms with Gasteiger partial charge in [0.2, 0.25) is 0 Å². The second-order valence-corrected chi connectivity index (χ2v) is 5.25. The number of hydrogen-bond acceptors (Lipinski definition) is 5. The monoisotopic (exact) mass is 292 g/mol. The summed E-state index contributed by atoms with van der Waals surface area (Å²) in [4.78, 5) is 11.2. The first-order valence-electron chi connectivity index (χ1n) is 6.20. The normalized spacial score (nSPS) is 12.3. The number of nitro groups is 1. The highest BCUT2D eigenvalue weighted by molar-refractivity contribution is 7.98. The van der Waals surface area contributed by atoms with Crippen LogP contribution in [-0.4, -0.2) is 11.2 Å². The molecule has 1 aromatic heterocycles. The molecule has 0 spiro atoms. The molecule has 2 aromatic rings. The van der Waals surface area contributed by atoms with Crippen LogP contribution in [0.15, 0.2) is 45.7 Å². The fourth-order valence-electron chi connectivity index (χ4n) is 1.82. The smallest absolute Gasteiger partial charge is 0.404 e. The van der Waals surface area contributed by atoms with Crippen molar-refractivity contribution in [1.29, 1.82) is 0 Å². The summed E-state index contributed by atoms with van der Waals surface area (Å²) in [6.45, 7) is 2.50. The highest BCUT2D eigenvalue weighted by Gasteiger charge is 2.12. The predicted octanol–water partition coefficient (Wildman–Crippen LogP) is 3.76. The molecule has 2 rings (SSSR count). The molecule has 6 heteroatoms. The maximum atomic E-state index is 10.5. The van der Waals surface area contributed by atoms with Crippen molar-refractivity contribution in [3.63, 3.8) is 0 Å².